The highest BCUT2D eigenvalue weighted by Crippen LogP contribution is 2.25. The Morgan fingerprint density at radius 3 is 2.30 bits per heavy atom. The third-order valence-corrected chi connectivity index (χ3v) is 6.98. The highest BCUT2D eigenvalue weighted by Gasteiger charge is 2.30. The van der Waals surface area contributed by atoms with Gasteiger partial charge in [-0.05, 0) is 37.6 Å². The van der Waals surface area contributed by atoms with Gasteiger partial charge in [0, 0.05) is 64.6 Å². The van der Waals surface area contributed by atoms with Gasteiger partial charge in [-0.15, -0.1) is 0 Å². The molecule has 1 aromatic heterocycles. The molecule has 1 amide bonds. The third-order valence-electron chi connectivity index (χ3n) is 4.92. The van der Waals surface area contributed by atoms with Gasteiger partial charge >= 0.3 is 0 Å². The second-order valence-electron chi connectivity index (χ2n) is 7.61. The Morgan fingerprint density at radius 2 is 1.73 bits per heavy atom. The first-order valence-corrected chi connectivity index (χ1v) is 11.2. The number of aryl methyl sites for hydroxylation is 2. The molecule has 1 aliphatic heterocycles. The second-order valence-corrected chi connectivity index (χ2v) is 9.52. The topological polar surface area (TPSA) is 98.7 Å². The Morgan fingerprint density at radius 1 is 1.07 bits per heavy atom. The van der Waals surface area contributed by atoms with Crippen LogP contribution in [-0.4, -0.2) is 68.9 Å². The molecular weight excluding hydrogens is 404 g/mol. The van der Waals surface area contributed by atoms with E-state index in [0.717, 1.165) is 11.5 Å². The van der Waals surface area contributed by atoms with Gasteiger partial charge in [-0.1, -0.05) is 0 Å². The fraction of sp³-hybridized carbons (Fsp3) is 0.450. The van der Waals surface area contributed by atoms with Gasteiger partial charge < -0.3 is 15.1 Å². The van der Waals surface area contributed by atoms with Crippen LogP contribution in [0.1, 0.15) is 18.2 Å². The molecule has 0 spiro atoms. The number of hydrogen-bond donors (Lipinski definition) is 1. The summed E-state index contributed by atoms with van der Waals surface area (Å²) in [4.78, 5) is 24.5. The molecule has 3 rings (SSSR count). The summed E-state index contributed by atoms with van der Waals surface area (Å²) in [6.45, 7) is 6.80. The van der Waals surface area contributed by atoms with E-state index in [4.69, 9.17) is 0 Å². The Hall–Kier alpha value is -2.72. The minimum atomic E-state index is -3.63. The first-order valence-electron chi connectivity index (χ1n) is 9.74. The van der Waals surface area contributed by atoms with Gasteiger partial charge in [-0.3, -0.25) is 4.79 Å². The minimum absolute atomic E-state index is 0.197. The van der Waals surface area contributed by atoms with Crippen LogP contribution in [0, 0.1) is 13.8 Å². The first kappa shape index (κ1) is 22.0. The maximum absolute atomic E-state index is 13.2. The number of amides is 1. The summed E-state index contributed by atoms with van der Waals surface area (Å²) < 4.78 is 27.8. The lowest BCUT2D eigenvalue weighted by atomic mass is 10.2. The van der Waals surface area contributed by atoms with Crippen LogP contribution in [0.2, 0.25) is 0 Å². The van der Waals surface area contributed by atoms with Crippen molar-refractivity contribution in [1.29, 1.82) is 0 Å². The van der Waals surface area contributed by atoms with E-state index in [1.54, 1.807) is 25.1 Å². The molecule has 1 aliphatic rings. The summed E-state index contributed by atoms with van der Waals surface area (Å²) in [5.74, 6) is 1.24. The predicted molar refractivity (Wildman–Crippen MR) is 118 cm³/mol. The van der Waals surface area contributed by atoms with Gasteiger partial charge in [0.05, 0.1) is 4.90 Å². The molecule has 2 heterocycles. The van der Waals surface area contributed by atoms with Gasteiger partial charge in [-0.25, -0.2) is 13.4 Å². The molecule has 1 saturated heterocycles. The van der Waals surface area contributed by atoms with Crippen molar-refractivity contribution < 1.29 is 13.2 Å². The molecule has 1 aromatic carbocycles. The second kappa shape index (κ2) is 8.57. The molecule has 162 valence electrons. The van der Waals surface area contributed by atoms with Crippen molar-refractivity contribution in [2.45, 2.75) is 25.7 Å². The van der Waals surface area contributed by atoms with Crippen molar-refractivity contribution >= 4 is 33.4 Å². The monoisotopic (exact) mass is 432 g/mol. The third kappa shape index (κ3) is 4.71. The van der Waals surface area contributed by atoms with Crippen LogP contribution in [0.5, 0.6) is 0 Å². The average Bonchev–Trinajstić information content (AvgIpc) is 2.67. The summed E-state index contributed by atoms with van der Waals surface area (Å²) in [6.07, 6.45) is 0. The number of anilines is 3. The van der Waals surface area contributed by atoms with E-state index in [9.17, 15) is 13.2 Å². The van der Waals surface area contributed by atoms with Crippen molar-refractivity contribution in [3.05, 3.63) is 35.5 Å². The molecule has 0 aliphatic carbocycles. The summed E-state index contributed by atoms with van der Waals surface area (Å²) in [7, 11) is 0.224. The van der Waals surface area contributed by atoms with Crippen molar-refractivity contribution in [2.75, 3.05) is 55.4 Å². The lowest BCUT2D eigenvalue weighted by Gasteiger charge is -2.34. The van der Waals surface area contributed by atoms with Crippen molar-refractivity contribution in [2.24, 2.45) is 0 Å². The van der Waals surface area contributed by atoms with Gasteiger partial charge in [0.15, 0.2) is 0 Å². The fourth-order valence-electron chi connectivity index (χ4n) is 3.39. The predicted octanol–water partition coefficient (Wildman–Crippen LogP) is 1.63. The first-order chi connectivity index (χ1) is 14.1. The fourth-order valence-corrected chi connectivity index (χ4v) is 5.02. The van der Waals surface area contributed by atoms with Crippen LogP contribution in [0.25, 0.3) is 0 Å². The number of carbonyl (C=O) groups is 1. The number of nitrogens with one attached hydrogen (secondary N) is 1. The number of aromatic nitrogens is 2. The lowest BCUT2D eigenvalue weighted by Crippen LogP contribution is -2.49. The zero-order valence-corrected chi connectivity index (χ0v) is 18.8. The Kier molecular flexibility index (Phi) is 6.27. The van der Waals surface area contributed by atoms with E-state index in [1.807, 2.05) is 36.9 Å². The standard InChI is InChI=1S/C20H28N6O3S/c1-14-12-17(22-16(3)27)6-7-18(14)30(28,29)26-10-8-25(9-11-26)20-21-15(2)13-19(23-20)24(4)5/h6-7,12-13H,8-11H2,1-5H3,(H,22,27). The normalized spacial score (nSPS) is 15.2. The average molecular weight is 433 g/mol. The van der Waals surface area contributed by atoms with Crippen molar-refractivity contribution in [1.82, 2.24) is 14.3 Å². The number of piperazine rings is 1. The molecule has 2 aromatic rings. The molecule has 1 fully saturated rings. The molecule has 1 N–H and O–H groups in total. The minimum Gasteiger partial charge on any atom is -0.363 e. The number of nitrogens with zero attached hydrogens (tertiary/aromatic N) is 5. The Bertz CT molecular complexity index is 1050. The molecule has 0 radical (unpaired) electrons. The maximum Gasteiger partial charge on any atom is 0.243 e. The van der Waals surface area contributed by atoms with Gasteiger partial charge in [-0.2, -0.15) is 9.29 Å². The molecule has 0 unspecified atom stereocenters. The Labute approximate surface area is 177 Å². The quantitative estimate of drug-likeness (QED) is 0.767. The van der Waals surface area contributed by atoms with Crippen LogP contribution in [0.3, 0.4) is 0 Å². The molecule has 0 saturated carbocycles. The smallest absolute Gasteiger partial charge is 0.243 e. The van der Waals surface area contributed by atoms with Crippen LogP contribution >= 0.6 is 0 Å². The number of hydrogen-bond acceptors (Lipinski definition) is 7. The van der Waals surface area contributed by atoms with Gasteiger partial charge in [0.25, 0.3) is 0 Å². The van der Waals surface area contributed by atoms with E-state index in [-0.39, 0.29) is 10.8 Å². The molecule has 30 heavy (non-hydrogen) atoms. The van der Waals surface area contributed by atoms with Crippen LogP contribution < -0.4 is 15.1 Å². The maximum atomic E-state index is 13.2. The number of carbonyl (C=O) groups excluding carboxylic acids is 1. The highest BCUT2D eigenvalue weighted by atomic mass is 32.2. The van der Waals surface area contributed by atoms with E-state index in [2.05, 4.69) is 15.3 Å². The number of benzene rings is 1. The van der Waals surface area contributed by atoms with Crippen LogP contribution in [-0.2, 0) is 14.8 Å². The molecule has 10 heteroatoms. The molecule has 9 nitrogen and oxygen atoms in total. The number of rotatable bonds is 5. The van der Waals surface area contributed by atoms with Crippen LogP contribution in [0.15, 0.2) is 29.2 Å². The summed E-state index contributed by atoms with van der Waals surface area (Å²) in [6, 6.07) is 6.75. The SMILES string of the molecule is CC(=O)Nc1ccc(S(=O)(=O)N2CCN(c3nc(C)cc(N(C)C)n3)CC2)c(C)c1. The zero-order valence-electron chi connectivity index (χ0n) is 18.0. The largest absolute Gasteiger partial charge is 0.363 e. The van der Waals surface area contributed by atoms with Gasteiger partial charge in [0.1, 0.15) is 5.82 Å². The zero-order chi connectivity index (χ0) is 22.1. The summed E-state index contributed by atoms with van der Waals surface area (Å²) in [5.41, 5.74) is 2.05. The highest BCUT2D eigenvalue weighted by molar-refractivity contribution is 7.89. The van der Waals surface area contributed by atoms with E-state index >= 15 is 0 Å². The molecule has 0 atom stereocenters. The van der Waals surface area contributed by atoms with Gasteiger partial charge in [0.2, 0.25) is 21.9 Å². The van der Waals surface area contributed by atoms with E-state index in [0.29, 0.717) is 43.4 Å². The number of sulfonamides is 1. The molecular formula is C20H28N6O3S. The summed E-state index contributed by atoms with van der Waals surface area (Å²) in [5, 5.41) is 2.67. The lowest BCUT2D eigenvalue weighted by molar-refractivity contribution is -0.114. The van der Waals surface area contributed by atoms with Crippen molar-refractivity contribution in [3.63, 3.8) is 0 Å². The van der Waals surface area contributed by atoms with E-state index in [1.165, 1.54) is 11.2 Å². The van der Waals surface area contributed by atoms with E-state index < -0.39 is 10.0 Å². The van der Waals surface area contributed by atoms with Crippen molar-refractivity contribution in [3.8, 4) is 0 Å². The molecule has 0 bridgehead atoms. The van der Waals surface area contributed by atoms with Crippen LogP contribution in [0.4, 0.5) is 17.5 Å². The Balaban J connectivity index is 1.75. The summed E-state index contributed by atoms with van der Waals surface area (Å²) >= 11 is 0.